The number of hydrogen-bond donors (Lipinski definition) is 2. The largest absolute Gasteiger partial charge is 0.507 e. The van der Waals surface area contributed by atoms with E-state index >= 15 is 0 Å². The number of hydrogen-bond acceptors (Lipinski definition) is 9. The van der Waals surface area contributed by atoms with Gasteiger partial charge in [0.25, 0.3) is 5.91 Å². The third-order valence-electron chi connectivity index (χ3n) is 8.54. The Morgan fingerprint density at radius 3 is 2.57 bits per heavy atom. The number of phenolic OH excluding ortho intramolecular Hbond substituents is 1. The molecule has 11 nitrogen and oxygen atoms in total. The number of imidazole rings is 1. The SMILES string of the molecule is Nc1ncccc1-c1nc2ccc(C3=CCOCC3)nc2n1-c1ccc(CN2CCN(C(=O)c3ccc(O)c(C=O)c3)CC2)cc1. The number of piperazine rings is 1. The molecule has 1 fully saturated rings. The molecule has 2 aromatic carbocycles. The van der Waals surface area contributed by atoms with Gasteiger partial charge >= 0.3 is 0 Å². The van der Waals surface area contributed by atoms with Crippen molar-refractivity contribution in [1.29, 1.82) is 0 Å². The minimum Gasteiger partial charge on any atom is -0.507 e. The highest BCUT2D eigenvalue weighted by Gasteiger charge is 2.24. The van der Waals surface area contributed by atoms with Crippen molar-refractivity contribution < 1.29 is 19.4 Å². The normalized spacial score (nSPS) is 15.6. The van der Waals surface area contributed by atoms with Gasteiger partial charge in [-0.1, -0.05) is 18.2 Å². The summed E-state index contributed by atoms with van der Waals surface area (Å²) in [5.74, 6) is 0.799. The lowest BCUT2D eigenvalue weighted by molar-refractivity contribution is 0.0628. The molecule has 2 aliphatic heterocycles. The highest BCUT2D eigenvalue weighted by molar-refractivity contribution is 5.96. The number of aldehydes is 1. The summed E-state index contributed by atoms with van der Waals surface area (Å²) in [6.07, 6.45) is 5.11. The number of fused-ring (bicyclic) bond motifs is 1. The van der Waals surface area contributed by atoms with E-state index in [1.165, 1.54) is 12.1 Å². The molecule has 2 aliphatic rings. The molecule has 0 atom stereocenters. The first-order chi connectivity index (χ1) is 22.5. The Hall–Kier alpha value is -5.39. The molecule has 0 unspecified atom stereocenters. The second-order valence-corrected chi connectivity index (χ2v) is 11.4. The fourth-order valence-corrected chi connectivity index (χ4v) is 6.01. The van der Waals surface area contributed by atoms with Crippen LogP contribution < -0.4 is 5.73 Å². The summed E-state index contributed by atoms with van der Waals surface area (Å²) in [5.41, 5.74) is 13.2. The lowest BCUT2D eigenvalue weighted by Crippen LogP contribution is -2.48. The fraction of sp³-hybridized carbons (Fsp3) is 0.229. The van der Waals surface area contributed by atoms with Gasteiger partial charge in [-0.2, -0.15) is 0 Å². The first kappa shape index (κ1) is 29.3. The Kier molecular flexibility index (Phi) is 8.00. The van der Waals surface area contributed by atoms with Crippen molar-refractivity contribution in [3.63, 3.8) is 0 Å². The van der Waals surface area contributed by atoms with E-state index in [9.17, 15) is 14.7 Å². The third-order valence-corrected chi connectivity index (χ3v) is 8.54. The van der Waals surface area contributed by atoms with Crippen molar-refractivity contribution in [2.75, 3.05) is 45.1 Å². The monoisotopic (exact) mass is 615 g/mol. The molecule has 1 saturated heterocycles. The smallest absolute Gasteiger partial charge is 0.253 e. The van der Waals surface area contributed by atoms with Gasteiger partial charge in [-0.25, -0.2) is 15.0 Å². The van der Waals surface area contributed by atoms with Crippen LogP contribution in [0, 0.1) is 0 Å². The average molecular weight is 616 g/mol. The molecule has 0 radical (unpaired) electrons. The Morgan fingerprint density at radius 1 is 1.00 bits per heavy atom. The van der Waals surface area contributed by atoms with Gasteiger partial charge in [0, 0.05) is 50.2 Å². The number of amides is 1. The minimum atomic E-state index is -0.144. The summed E-state index contributed by atoms with van der Waals surface area (Å²) in [6, 6.07) is 20.5. The number of nitrogens with two attached hydrogens (primary N) is 1. The van der Waals surface area contributed by atoms with Gasteiger partial charge in [0.1, 0.15) is 17.1 Å². The van der Waals surface area contributed by atoms with Crippen molar-refractivity contribution in [3.8, 4) is 22.8 Å². The van der Waals surface area contributed by atoms with Gasteiger partial charge in [0.15, 0.2) is 17.8 Å². The number of phenols is 1. The number of benzene rings is 2. The number of ether oxygens (including phenoxy) is 1. The molecule has 11 heteroatoms. The van der Waals surface area contributed by atoms with E-state index in [2.05, 4.69) is 40.2 Å². The number of carbonyl (C=O) groups excluding carboxylic acids is 2. The lowest BCUT2D eigenvalue weighted by Gasteiger charge is -2.35. The van der Waals surface area contributed by atoms with Crippen molar-refractivity contribution in [2.24, 2.45) is 0 Å². The summed E-state index contributed by atoms with van der Waals surface area (Å²) < 4.78 is 7.55. The van der Waals surface area contributed by atoms with E-state index < -0.39 is 0 Å². The molecule has 0 spiro atoms. The zero-order chi connectivity index (χ0) is 31.6. The van der Waals surface area contributed by atoms with Crippen LogP contribution in [0.2, 0.25) is 0 Å². The number of nitrogens with zero attached hydrogens (tertiary/aromatic N) is 6. The van der Waals surface area contributed by atoms with Gasteiger partial charge < -0.3 is 20.5 Å². The molecule has 0 aliphatic carbocycles. The van der Waals surface area contributed by atoms with Crippen LogP contribution in [-0.4, -0.2) is 86.0 Å². The Labute approximate surface area is 265 Å². The number of aromatic hydroxyl groups is 1. The summed E-state index contributed by atoms with van der Waals surface area (Å²) in [6.45, 7) is 4.58. The molecule has 5 heterocycles. The molecule has 232 valence electrons. The maximum Gasteiger partial charge on any atom is 0.253 e. The topological polar surface area (TPSA) is 140 Å². The number of anilines is 1. The predicted molar refractivity (Wildman–Crippen MR) is 175 cm³/mol. The third kappa shape index (κ3) is 5.73. The van der Waals surface area contributed by atoms with Crippen molar-refractivity contribution >= 4 is 34.7 Å². The molecule has 5 aromatic rings. The number of aromatic nitrogens is 4. The van der Waals surface area contributed by atoms with E-state index in [1.54, 1.807) is 17.2 Å². The van der Waals surface area contributed by atoms with Gasteiger partial charge in [-0.3, -0.25) is 19.1 Å². The van der Waals surface area contributed by atoms with E-state index in [1.807, 2.05) is 28.8 Å². The number of carbonyl (C=O) groups is 2. The summed E-state index contributed by atoms with van der Waals surface area (Å²) in [7, 11) is 0. The Bertz CT molecular complexity index is 1960. The number of rotatable bonds is 7. The molecule has 3 aromatic heterocycles. The van der Waals surface area contributed by atoms with Crippen LogP contribution >= 0.6 is 0 Å². The zero-order valence-electron chi connectivity index (χ0n) is 25.2. The second-order valence-electron chi connectivity index (χ2n) is 11.4. The average Bonchev–Trinajstić information content (AvgIpc) is 3.48. The number of nitrogen functional groups attached to an aromatic ring is 1. The molecular weight excluding hydrogens is 582 g/mol. The summed E-state index contributed by atoms with van der Waals surface area (Å²) in [5, 5.41) is 9.77. The highest BCUT2D eigenvalue weighted by Crippen LogP contribution is 2.32. The second kappa shape index (κ2) is 12.5. The van der Waals surface area contributed by atoms with E-state index in [0.717, 1.165) is 65.3 Å². The minimum absolute atomic E-state index is 0.112. The number of pyridine rings is 2. The van der Waals surface area contributed by atoms with Crippen LogP contribution in [0.4, 0.5) is 5.82 Å². The predicted octanol–water partition coefficient (Wildman–Crippen LogP) is 4.34. The standard InChI is InChI=1S/C35H33N7O4/c36-32-28(2-1-13-37-32)33-39-30-9-8-29(24-11-18-46-19-12-24)38-34(30)42(33)27-6-3-23(4-7-27)21-40-14-16-41(17-15-40)35(45)25-5-10-31(44)26(20-25)22-43/h1-11,13,20,22,44H,12,14-19,21H2,(H2,36,37). The molecule has 0 bridgehead atoms. The van der Waals surface area contributed by atoms with Crippen LogP contribution in [0.3, 0.4) is 0 Å². The van der Waals surface area contributed by atoms with E-state index in [0.29, 0.717) is 49.8 Å². The van der Waals surface area contributed by atoms with Crippen LogP contribution in [-0.2, 0) is 11.3 Å². The zero-order valence-corrected chi connectivity index (χ0v) is 25.2. The maximum atomic E-state index is 13.0. The first-order valence-electron chi connectivity index (χ1n) is 15.2. The Balaban J connectivity index is 1.11. The van der Waals surface area contributed by atoms with E-state index in [4.69, 9.17) is 20.4 Å². The van der Waals surface area contributed by atoms with Crippen LogP contribution in [0.15, 0.2) is 79.0 Å². The van der Waals surface area contributed by atoms with Crippen LogP contribution in [0.5, 0.6) is 5.75 Å². The summed E-state index contributed by atoms with van der Waals surface area (Å²) in [4.78, 5) is 42.6. The molecule has 3 N–H and O–H groups in total. The quantitative estimate of drug-likeness (QED) is 0.256. The van der Waals surface area contributed by atoms with Crippen LogP contribution in [0.1, 0.15) is 38.4 Å². The van der Waals surface area contributed by atoms with Gasteiger partial charge in [-0.15, -0.1) is 0 Å². The Morgan fingerprint density at radius 2 is 1.83 bits per heavy atom. The summed E-state index contributed by atoms with van der Waals surface area (Å²) >= 11 is 0. The van der Waals surface area contributed by atoms with Gasteiger partial charge in [0.2, 0.25) is 0 Å². The van der Waals surface area contributed by atoms with Gasteiger partial charge in [0.05, 0.1) is 30.0 Å². The lowest BCUT2D eigenvalue weighted by atomic mass is 10.1. The van der Waals surface area contributed by atoms with Crippen molar-refractivity contribution in [1.82, 2.24) is 29.3 Å². The molecule has 1 amide bonds. The van der Waals surface area contributed by atoms with E-state index in [-0.39, 0.29) is 17.2 Å². The first-order valence-corrected chi connectivity index (χ1v) is 15.2. The molecular formula is C35H33N7O4. The molecule has 7 rings (SSSR count). The fourth-order valence-electron chi connectivity index (χ4n) is 6.01. The molecule has 0 saturated carbocycles. The molecule has 46 heavy (non-hydrogen) atoms. The maximum absolute atomic E-state index is 13.0. The van der Waals surface area contributed by atoms with Crippen LogP contribution in [0.25, 0.3) is 33.8 Å². The van der Waals surface area contributed by atoms with Crippen molar-refractivity contribution in [3.05, 3.63) is 101 Å². The van der Waals surface area contributed by atoms with Crippen molar-refractivity contribution in [2.45, 2.75) is 13.0 Å². The highest BCUT2D eigenvalue weighted by atomic mass is 16.5. The van der Waals surface area contributed by atoms with Gasteiger partial charge in [-0.05, 0) is 72.2 Å².